The number of anilines is 1. The number of carbonyl (C=O) groups excluding carboxylic acids is 2. The summed E-state index contributed by atoms with van der Waals surface area (Å²) in [5.41, 5.74) is 0.0544. The molecule has 0 spiro atoms. The predicted octanol–water partition coefficient (Wildman–Crippen LogP) is 3.95. The van der Waals surface area contributed by atoms with Gasteiger partial charge in [-0.3, -0.25) is 14.9 Å². The number of ether oxygens (including phenoxy) is 2. The maximum Gasteiger partial charge on any atom is 0.417 e. The summed E-state index contributed by atoms with van der Waals surface area (Å²) < 4.78 is 64.4. The van der Waals surface area contributed by atoms with Crippen LogP contribution >= 0.6 is 0 Å². The van der Waals surface area contributed by atoms with Crippen LogP contribution in [0.2, 0.25) is 0 Å². The quantitative estimate of drug-likeness (QED) is 0.546. The van der Waals surface area contributed by atoms with E-state index in [0.717, 1.165) is 18.2 Å². The molecule has 186 valence electrons. The number of hydrogen-bond donors (Lipinski definition) is 1. The van der Waals surface area contributed by atoms with Crippen LogP contribution in [0, 0.1) is 5.82 Å². The zero-order chi connectivity index (χ0) is 25.4. The van der Waals surface area contributed by atoms with E-state index < -0.39 is 34.9 Å². The van der Waals surface area contributed by atoms with E-state index in [1.165, 1.54) is 29.3 Å². The number of rotatable bonds is 3. The Balaban J connectivity index is 1.33. The molecular formula is C24H18F4N4O4. The summed E-state index contributed by atoms with van der Waals surface area (Å²) in [6.07, 6.45) is -2.99. The molecule has 2 aromatic carbocycles. The van der Waals surface area contributed by atoms with Crippen LogP contribution in [0.5, 0.6) is 5.75 Å². The van der Waals surface area contributed by atoms with Crippen LogP contribution in [-0.2, 0) is 30.5 Å². The number of halogens is 4. The van der Waals surface area contributed by atoms with E-state index in [0.29, 0.717) is 23.2 Å². The molecule has 0 aliphatic carbocycles. The molecule has 0 bridgehead atoms. The average Bonchev–Trinajstić information content (AvgIpc) is 2.87. The van der Waals surface area contributed by atoms with E-state index in [9.17, 15) is 27.2 Å². The summed E-state index contributed by atoms with van der Waals surface area (Å²) >= 11 is 0. The summed E-state index contributed by atoms with van der Waals surface area (Å²) in [5, 5.41) is 2.31. The molecule has 0 saturated carbocycles. The molecule has 0 saturated heterocycles. The van der Waals surface area contributed by atoms with Crippen molar-refractivity contribution >= 4 is 17.8 Å². The molecular weight excluding hydrogens is 484 g/mol. The Morgan fingerprint density at radius 2 is 1.89 bits per heavy atom. The maximum atomic E-state index is 14.1. The first-order valence-corrected chi connectivity index (χ1v) is 10.9. The summed E-state index contributed by atoms with van der Waals surface area (Å²) in [5.74, 6) is -1.87. The van der Waals surface area contributed by atoms with Crippen LogP contribution in [0.3, 0.4) is 0 Å². The predicted molar refractivity (Wildman–Crippen MR) is 117 cm³/mol. The van der Waals surface area contributed by atoms with Crippen molar-refractivity contribution in [1.29, 1.82) is 0 Å². The fourth-order valence-electron chi connectivity index (χ4n) is 4.16. The van der Waals surface area contributed by atoms with E-state index in [4.69, 9.17) is 9.47 Å². The van der Waals surface area contributed by atoms with Crippen molar-refractivity contribution in [2.24, 2.45) is 0 Å². The number of nitrogens with one attached hydrogen (secondary N) is 1. The van der Waals surface area contributed by atoms with Crippen molar-refractivity contribution < 1.29 is 36.6 Å². The number of alkyl halides is 3. The lowest BCUT2D eigenvalue weighted by atomic mass is 10.0. The Morgan fingerprint density at radius 1 is 1.08 bits per heavy atom. The second-order valence-electron chi connectivity index (χ2n) is 8.19. The van der Waals surface area contributed by atoms with Gasteiger partial charge in [-0.15, -0.1) is 0 Å². The van der Waals surface area contributed by atoms with Crippen LogP contribution in [0.25, 0.3) is 0 Å². The molecule has 3 heterocycles. The molecule has 36 heavy (non-hydrogen) atoms. The van der Waals surface area contributed by atoms with Crippen LogP contribution in [0.1, 0.15) is 43.1 Å². The molecule has 0 atom stereocenters. The molecule has 2 amide bonds. The number of aromatic nitrogens is 2. The van der Waals surface area contributed by atoms with Gasteiger partial charge in [0, 0.05) is 36.8 Å². The van der Waals surface area contributed by atoms with E-state index in [2.05, 4.69) is 15.3 Å². The smallest absolute Gasteiger partial charge is 0.417 e. The maximum absolute atomic E-state index is 14.1. The van der Waals surface area contributed by atoms with Gasteiger partial charge in [-0.05, 0) is 24.3 Å². The summed E-state index contributed by atoms with van der Waals surface area (Å²) in [6, 6.07) is 6.80. The summed E-state index contributed by atoms with van der Waals surface area (Å²) in [4.78, 5) is 35.5. The Morgan fingerprint density at radius 3 is 2.69 bits per heavy atom. The highest BCUT2D eigenvalue weighted by Gasteiger charge is 2.35. The van der Waals surface area contributed by atoms with Gasteiger partial charge >= 0.3 is 6.18 Å². The lowest BCUT2D eigenvalue weighted by Crippen LogP contribution is -2.37. The molecule has 0 radical (unpaired) electrons. The van der Waals surface area contributed by atoms with Crippen molar-refractivity contribution in [2.45, 2.75) is 25.7 Å². The fourth-order valence-corrected chi connectivity index (χ4v) is 4.16. The summed E-state index contributed by atoms with van der Waals surface area (Å²) in [6.45, 7) is 0.458. The Hall–Kier alpha value is -4.06. The first kappa shape index (κ1) is 23.7. The highest BCUT2D eigenvalue weighted by molar-refractivity contribution is 6.04. The van der Waals surface area contributed by atoms with Gasteiger partial charge in [0.05, 0.1) is 29.0 Å². The number of fused-ring (bicyclic) bond motifs is 2. The normalized spacial score (nSPS) is 14.9. The molecule has 12 heteroatoms. The van der Waals surface area contributed by atoms with E-state index >= 15 is 0 Å². The van der Waals surface area contributed by atoms with Crippen molar-refractivity contribution in [3.8, 4) is 5.75 Å². The van der Waals surface area contributed by atoms with Crippen LogP contribution in [-0.4, -0.2) is 40.0 Å². The second-order valence-corrected chi connectivity index (χ2v) is 8.19. The lowest BCUT2D eigenvalue weighted by molar-refractivity contribution is -0.137. The van der Waals surface area contributed by atoms with Gasteiger partial charge in [-0.2, -0.15) is 13.2 Å². The number of carbonyl (C=O) groups is 2. The van der Waals surface area contributed by atoms with Crippen molar-refractivity contribution in [3.05, 3.63) is 81.9 Å². The Kier molecular flexibility index (Phi) is 6.04. The van der Waals surface area contributed by atoms with Crippen molar-refractivity contribution in [2.75, 3.05) is 18.7 Å². The van der Waals surface area contributed by atoms with Gasteiger partial charge in [-0.1, -0.05) is 12.1 Å². The molecule has 2 aliphatic rings. The van der Waals surface area contributed by atoms with E-state index in [1.54, 1.807) is 0 Å². The minimum atomic E-state index is -4.69. The van der Waals surface area contributed by atoms with Gasteiger partial charge < -0.3 is 14.4 Å². The zero-order valence-corrected chi connectivity index (χ0v) is 18.6. The van der Waals surface area contributed by atoms with Crippen molar-refractivity contribution in [1.82, 2.24) is 14.9 Å². The number of benzene rings is 2. The van der Waals surface area contributed by atoms with Crippen LogP contribution in [0.4, 0.5) is 23.5 Å². The first-order valence-electron chi connectivity index (χ1n) is 10.9. The average molecular weight is 502 g/mol. The molecule has 3 aromatic rings. The van der Waals surface area contributed by atoms with Crippen LogP contribution < -0.4 is 10.1 Å². The fraction of sp³-hybridized carbons (Fsp3) is 0.250. The molecule has 1 aromatic heterocycles. The zero-order valence-electron chi connectivity index (χ0n) is 18.6. The largest absolute Gasteiger partial charge is 0.466 e. The molecule has 0 unspecified atom stereocenters. The standard InChI is InChI=1S/C24H18F4N4O4/c25-15-7-13-11-35-12-36-20(13)17(8-15)22(34)32-6-5-19-14(10-32)9-29-23(30-19)31-21(33)16-3-1-2-4-18(16)24(26,27)28/h1-4,7-9H,5-6,10-12H2,(H,29,30,31,33). The highest BCUT2D eigenvalue weighted by Crippen LogP contribution is 2.33. The number of hydrogen-bond acceptors (Lipinski definition) is 6. The third-order valence-electron chi connectivity index (χ3n) is 5.83. The molecule has 8 nitrogen and oxygen atoms in total. The Bertz CT molecular complexity index is 1360. The second kappa shape index (κ2) is 9.19. The lowest BCUT2D eigenvalue weighted by Gasteiger charge is -2.29. The van der Waals surface area contributed by atoms with Crippen molar-refractivity contribution in [3.63, 3.8) is 0 Å². The third kappa shape index (κ3) is 4.59. The first-order chi connectivity index (χ1) is 17.2. The van der Waals surface area contributed by atoms with E-state index in [1.807, 2.05) is 0 Å². The van der Waals surface area contributed by atoms with Gasteiger partial charge in [0.15, 0.2) is 6.79 Å². The topological polar surface area (TPSA) is 93.7 Å². The van der Waals surface area contributed by atoms with Gasteiger partial charge in [0.1, 0.15) is 11.6 Å². The van der Waals surface area contributed by atoms with Gasteiger partial charge in [0.2, 0.25) is 5.95 Å². The minimum absolute atomic E-state index is 0.0441. The van der Waals surface area contributed by atoms with E-state index in [-0.39, 0.29) is 43.8 Å². The Labute approximate surface area is 201 Å². The van der Waals surface area contributed by atoms with Crippen LogP contribution in [0.15, 0.2) is 42.6 Å². The number of nitrogens with zero attached hydrogens (tertiary/aromatic N) is 3. The monoisotopic (exact) mass is 502 g/mol. The number of amides is 2. The summed E-state index contributed by atoms with van der Waals surface area (Å²) in [7, 11) is 0. The van der Waals surface area contributed by atoms with Gasteiger partial charge in [-0.25, -0.2) is 14.4 Å². The molecule has 5 rings (SSSR count). The highest BCUT2D eigenvalue weighted by atomic mass is 19.4. The molecule has 0 fully saturated rings. The third-order valence-corrected chi connectivity index (χ3v) is 5.83. The molecule has 2 aliphatic heterocycles. The minimum Gasteiger partial charge on any atom is -0.466 e. The SMILES string of the molecule is O=C(Nc1ncc2c(n1)CCN(C(=O)c1cc(F)cc3c1OCOC3)C2)c1ccccc1C(F)(F)F. The molecule has 1 N–H and O–H groups in total. The van der Waals surface area contributed by atoms with Gasteiger partial charge in [0.25, 0.3) is 11.8 Å².